The highest BCUT2D eigenvalue weighted by Crippen LogP contribution is 2.30. The van der Waals surface area contributed by atoms with Gasteiger partial charge < -0.3 is 16.4 Å². The van der Waals surface area contributed by atoms with Crippen LogP contribution in [0.15, 0.2) is 30.3 Å². The summed E-state index contributed by atoms with van der Waals surface area (Å²) in [5, 5.41) is 0. The molecule has 1 aromatic carbocycles. The lowest BCUT2D eigenvalue weighted by Gasteiger charge is -2.14. The van der Waals surface area contributed by atoms with Crippen LogP contribution in [0.2, 0.25) is 0 Å². The minimum Gasteiger partial charge on any atom is -0.397 e. The van der Waals surface area contributed by atoms with E-state index in [0.29, 0.717) is 24.2 Å². The van der Waals surface area contributed by atoms with Gasteiger partial charge in [0.25, 0.3) is 5.91 Å². The molecular weight excluding hydrogens is 347 g/mol. The van der Waals surface area contributed by atoms with Crippen LogP contribution in [0.3, 0.4) is 0 Å². The second-order valence-corrected chi connectivity index (χ2v) is 6.75. The number of rotatable bonds is 2. The van der Waals surface area contributed by atoms with Crippen molar-refractivity contribution in [3.05, 3.63) is 47.4 Å². The molecule has 4 N–H and O–H groups in total. The molecule has 1 aromatic heterocycles. The first-order valence-corrected chi connectivity index (χ1v) is 8.36. The van der Waals surface area contributed by atoms with Crippen molar-refractivity contribution in [1.82, 2.24) is 9.88 Å². The number of nitrogen functional groups attached to an aromatic ring is 1. The first-order chi connectivity index (χ1) is 12.7. The molecule has 7 heteroatoms. The lowest BCUT2D eigenvalue weighted by molar-refractivity contribution is -0.131. The molecule has 0 saturated carbocycles. The van der Waals surface area contributed by atoms with Crippen LogP contribution < -0.4 is 11.5 Å². The Balaban J connectivity index is 2.00. The molecule has 3 rings (SSSR count). The van der Waals surface area contributed by atoms with Crippen LogP contribution in [0.25, 0.3) is 11.3 Å². The van der Waals surface area contributed by atoms with Gasteiger partial charge >= 0.3 is 0 Å². The molecule has 0 unspecified atom stereocenters. The lowest BCUT2D eigenvalue weighted by Crippen LogP contribution is -2.28. The van der Waals surface area contributed by atoms with Gasteiger partial charge in [-0.15, -0.1) is 0 Å². The maximum Gasteiger partial charge on any atom is 0.269 e. The van der Waals surface area contributed by atoms with E-state index in [9.17, 15) is 14.0 Å². The Hall–Kier alpha value is -3.40. The summed E-state index contributed by atoms with van der Waals surface area (Å²) < 4.78 is 14.2. The molecule has 0 aliphatic carbocycles. The Labute approximate surface area is 156 Å². The monoisotopic (exact) mass is 366 g/mol. The number of carbonyl (C=O) groups excluding carboxylic acids is 2. The minimum atomic E-state index is -0.824. The number of amides is 2. The van der Waals surface area contributed by atoms with Crippen molar-refractivity contribution >= 4 is 17.5 Å². The van der Waals surface area contributed by atoms with Gasteiger partial charge in [0.15, 0.2) is 5.69 Å². The average molecular weight is 366 g/mol. The zero-order valence-corrected chi connectivity index (χ0v) is 15.0. The second-order valence-electron chi connectivity index (χ2n) is 6.75. The van der Waals surface area contributed by atoms with E-state index < -0.39 is 17.1 Å². The van der Waals surface area contributed by atoms with Gasteiger partial charge in [0.05, 0.1) is 16.9 Å². The SMILES string of the molecule is CN1CC[C@@](C)(C#Cc2cc(-c3ccc(N)c(C(N)=O)n3)ccc2F)C1=O. The maximum absolute atomic E-state index is 14.2. The maximum atomic E-state index is 14.2. The van der Waals surface area contributed by atoms with Crippen molar-refractivity contribution in [2.45, 2.75) is 13.3 Å². The normalized spacial score (nSPS) is 18.9. The summed E-state index contributed by atoms with van der Waals surface area (Å²) in [4.78, 5) is 29.4. The third kappa shape index (κ3) is 3.47. The molecule has 6 nitrogen and oxygen atoms in total. The number of hydrogen-bond donors (Lipinski definition) is 2. The number of primary amides is 1. The number of likely N-dealkylation sites (tertiary alicyclic amines) is 1. The fourth-order valence-electron chi connectivity index (χ4n) is 2.95. The number of carbonyl (C=O) groups is 2. The molecule has 1 aliphatic rings. The molecule has 0 radical (unpaired) electrons. The van der Waals surface area contributed by atoms with Crippen LogP contribution in [0.4, 0.5) is 10.1 Å². The molecule has 2 amide bonds. The molecule has 0 spiro atoms. The Morgan fingerprint density at radius 2 is 2.07 bits per heavy atom. The number of anilines is 1. The molecule has 2 aromatic rings. The fourth-order valence-corrected chi connectivity index (χ4v) is 2.95. The third-order valence-corrected chi connectivity index (χ3v) is 4.66. The number of pyridine rings is 1. The summed E-state index contributed by atoms with van der Waals surface area (Å²) in [6.07, 6.45) is 0.595. The van der Waals surface area contributed by atoms with Crippen molar-refractivity contribution in [2.24, 2.45) is 11.1 Å². The van der Waals surface area contributed by atoms with Gasteiger partial charge in [-0.25, -0.2) is 9.37 Å². The standard InChI is InChI=1S/C20H19FN4O2/c1-20(9-10-25(2)19(20)27)8-7-12-11-13(3-4-14(12)21)16-6-5-15(22)17(24-16)18(23)26/h3-6,11H,9-10,22H2,1-2H3,(H2,23,26)/t20-/m1/s1. The number of hydrogen-bond acceptors (Lipinski definition) is 4. The Bertz CT molecular complexity index is 1010. The van der Waals surface area contributed by atoms with Crippen molar-refractivity contribution in [3.63, 3.8) is 0 Å². The van der Waals surface area contributed by atoms with Crippen LogP contribution in [-0.4, -0.2) is 35.3 Å². The van der Waals surface area contributed by atoms with E-state index in [2.05, 4.69) is 16.8 Å². The summed E-state index contributed by atoms with van der Waals surface area (Å²) in [6, 6.07) is 7.46. The van der Waals surface area contributed by atoms with Gasteiger partial charge in [-0.2, -0.15) is 0 Å². The molecule has 0 bridgehead atoms. The Morgan fingerprint density at radius 3 is 2.70 bits per heavy atom. The van der Waals surface area contributed by atoms with Crippen LogP contribution >= 0.6 is 0 Å². The van der Waals surface area contributed by atoms with E-state index in [1.165, 1.54) is 24.3 Å². The largest absolute Gasteiger partial charge is 0.397 e. The first kappa shape index (κ1) is 18.4. The van der Waals surface area contributed by atoms with E-state index in [4.69, 9.17) is 11.5 Å². The third-order valence-electron chi connectivity index (χ3n) is 4.66. The highest BCUT2D eigenvalue weighted by molar-refractivity contribution is 5.96. The topological polar surface area (TPSA) is 102 Å². The highest BCUT2D eigenvalue weighted by atomic mass is 19.1. The zero-order chi connectivity index (χ0) is 19.8. The van der Waals surface area contributed by atoms with E-state index in [1.807, 2.05) is 0 Å². The zero-order valence-electron chi connectivity index (χ0n) is 15.0. The van der Waals surface area contributed by atoms with Gasteiger partial charge in [-0.05, 0) is 43.7 Å². The average Bonchev–Trinajstić information content (AvgIpc) is 2.89. The van der Waals surface area contributed by atoms with Crippen LogP contribution in [-0.2, 0) is 4.79 Å². The Morgan fingerprint density at radius 1 is 1.33 bits per heavy atom. The summed E-state index contributed by atoms with van der Waals surface area (Å²) in [7, 11) is 1.72. The van der Waals surface area contributed by atoms with Crippen molar-refractivity contribution < 1.29 is 14.0 Å². The van der Waals surface area contributed by atoms with Crippen molar-refractivity contribution in [3.8, 4) is 23.1 Å². The fraction of sp³-hybridized carbons (Fsp3) is 0.250. The number of nitrogens with zero attached hydrogens (tertiary/aromatic N) is 2. The van der Waals surface area contributed by atoms with Gasteiger partial charge in [-0.1, -0.05) is 11.8 Å². The van der Waals surface area contributed by atoms with E-state index in [1.54, 1.807) is 24.9 Å². The van der Waals surface area contributed by atoms with E-state index in [0.717, 1.165) is 0 Å². The number of aromatic nitrogens is 1. The van der Waals surface area contributed by atoms with Gasteiger partial charge in [0.1, 0.15) is 11.2 Å². The molecule has 1 saturated heterocycles. The minimum absolute atomic E-state index is 0.0449. The molecule has 1 fully saturated rings. The second kappa shape index (κ2) is 6.72. The van der Waals surface area contributed by atoms with Crippen LogP contribution in [0.5, 0.6) is 0 Å². The van der Waals surface area contributed by atoms with E-state index in [-0.39, 0.29) is 22.9 Å². The van der Waals surface area contributed by atoms with E-state index >= 15 is 0 Å². The summed E-state index contributed by atoms with van der Waals surface area (Å²) in [5.74, 6) is 4.39. The predicted octanol–water partition coefficient (Wildman–Crippen LogP) is 1.79. The van der Waals surface area contributed by atoms with Gasteiger partial charge in [0.2, 0.25) is 5.91 Å². The lowest BCUT2D eigenvalue weighted by atomic mass is 9.89. The first-order valence-electron chi connectivity index (χ1n) is 8.36. The van der Waals surface area contributed by atoms with Gasteiger partial charge in [-0.3, -0.25) is 9.59 Å². The molecule has 27 heavy (non-hydrogen) atoms. The van der Waals surface area contributed by atoms with Crippen LogP contribution in [0, 0.1) is 23.1 Å². The molecule has 1 aliphatic heterocycles. The van der Waals surface area contributed by atoms with Crippen molar-refractivity contribution in [2.75, 3.05) is 19.3 Å². The quantitative estimate of drug-likeness (QED) is 0.791. The molecule has 2 heterocycles. The molecule has 138 valence electrons. The molecule has 1 atom stereocenters. The summed E-state index contributed by atoms with van der Waals surface area (Å²) in [6.45, 7) is 2.38. The number of halogens is 1. The highest BCUT2D eigenvalue weighted by Gasteiger charge is 2.39. The molecular formula is C20H19FN4O2. The smallest absolute Gasteiger partial charge is 0.269 e. The van der Waals surface area contributed by atoms with Gasteiger partial charge in [0, 0.05) is 19.2 Å². The summed E-state index contributed by atoms with van der Waals surface area (Å²) >= 11 is 0. The summed E-state index contributed by atoms with van der Waals surface area (Å²) in [5.41, 5.74) is 11.4. The van der Waals surface area contributed by atoms with Crippen LogP contribution in [0.1, 0.15) is 29.4 Å². The predicted molar refractivity (Wildman–Crippen MR) is 99.8 cm³/mol. The number of nitrogens with two attached hydrogens (primary N) is 2. The van der Waals surface area contributed by atoms with Crippen molar-refractivity contribution in [1.29, 1.82) is 0 Å². The Kier molecular flexibility index (Phi) is 4.58. The number of benzene rings is 1.